The van der Waals surface area contributed by atoms with Gasteiger partial charge in [0.15, 0.2) is 5.78 Å². The maximum atomic E-state index is 14.4. The first-order chi connectivity index (χ1) is 13.9. The van der Waals surface area contributed by atoms with Gasteiger partial charge in [-0.2, -0.15) is 0 Å². The van der Waals surface area contributed by atoms with Crippen LogP contribution in [0.1, 0.15) is 29.1 Å². The molecule has 1 aliphatic rings. The summed E-state index contributed by atoms with van der Waals surface area (Å²) in [6, 6.07) is 8.06. The van der Waals surface area contributed by atoms with Crippen LogP contribution >= 0.6 is 0 Å². The number of hydrogen-bond donors (Lipinski definition) is 1. The molecule has 0 spiro atoms. The van der Waals surface area contributed by atoms with E-state index in [-0.39, 0.29) is 17.9 Å². The number of nitrogens with zero attached hydrogens (tertiary/aromatic N) is 3. The van der Waals surface area contributed by atoms with E-state index >= 15 is 0 Å². The van der Waals surface area contributed by atoms with Crippen LogP contribution in [0.5, 0.6) is 0 Å². The number of carbonyl (C=O) groups excluding carboxylic acids is 2. The molecule has 1 aromatic carbocycles. The van der Waals surface area contributed by atoms with E-state index < -0.39 is 5.82 Å². The number of ketones is 1. The van der Waals surface area contributed by atoms with Crippen LogP contribution in [-0.4, -0.2) is 68.4 Å². The normalized spacial score (nSPS) is 15.5. The smallest absolute Gasteiger partial charge is 0.317 e. The fraction of sp³-hybridized carbons (Fsp3) is 0.429. The lowest BCUT2D eigenvalue weighted by Gasteiger charge is -2.36. The van der Waals surface area contributed by atoms with E-state index in [0.29, 0.717) is 44.0 Å². The Morgan fingerprint density at radius 1 is 1.21 bits per heavy atom. The molecule has 8 heteroatoms. The molecule has 2 amide bonds. The quantitative estimate of drug-likeness (QED) is 0.753. The SMILES string of the molecule is CC(=O)c1ccc(N2CCN(C(=O)NCC(c3ccco3)N(C)C)CC2)c(F)c1. The van der Waals surface area contributed by atoms with Crippen LogP contribution in [0.2, 0.25) is 0 Å². The van der Waals surface area contributed by atoms with E-state index in [1.54, 1.807) is 23.3 Å². The highest BCUT2D eigenvalue weighted by atomic mass is 19.1. The monoisotopic (exact) mass is 402 g/mol. The zero-order valence-electron chi connectivity index (χ0n) is 17.0. The van der Waals surface area contributed by atoms with Gasteiger partial charge >= 0.3 is 6.03 Å². The lowest BCUT2D eigenvalue weighted by molar-refractivity contribution is 0.101. The van der Waals surface area contributed by atoms with Crippen LogP contribution < -0.4 is 10.2 Å². The van der Waals surface area contributed by atoms with Crippen LogP contribution in [0.4, 0.5) is 14.9 Å². The molecular formula is C21H27FN4O3. The average molecular weight is 402 g/mol. The van der Waals surface area contributed by atoms with Crippen molar-refractivity contribution in [3.05, 3.63) is 53.7 Å². The van der Waals surface area contributed by atoms with Gasteiger partial charge in [0, 0.05) is 38.3 Å². The second-order valence-corrected chi connectivity index (χ2v) is 7.38. The number of piperazine rings is 1. The van der Waals surface area contributed by atoms with E-state index in [1.165, 1.54) is 13.0 Å². The minimum atomic E-state index is -0.414. The van der Waals surface area contributed by atoms with Crippen LogP contribution in [0.25, 0.3) is 0 Å². The molecule has 2 heterocycles. The Morgan fingerprint density at radius 3 is 2.48 bits per heavy atom. The predicted octanol–water partition coefficient (Wildman–Crippen LogP) is 2.76. The summed E-state index contributed by atoms with van der Waals surface area (Å²) in [4.78, 5) is 29.6. The Bertz CT molecular complexity index is 846. The van der Waals surface area contributed by atoms with Crippen molar-refractivity contribution in [3.8, 4) is 0 Å². The Hall–Kier alpha value is -2.87. The molecule has 1 unspecified atom stereocenters. The summed E-state index contributed by atoms with van der Waals surface area (Å²) in [7, 11) is 3.87. The second kappa shape index (κ2) is 9.09. The third-order valence-corrected chi connectivity index (χ3v) is 5.20. The van der Waals surface area contributed by atoms with Crippen molar-refractivity contribution in [2.24, 2.45) is 0 Å². The fourth-order valence-corrected chi connectivity index (χ4v) is 3.45. The number of halogens is 1. The molecule has 0 aliphatic carbocycles. The average Bonchev–Trinajstić information content (AvgIpc) is 3.22. The number of anilines is 1. The molecule has 3 rings (SSSR count). The van der Waals surface area contributed by atoms with E-state index in [1.807, 2.05) is 36.0 Å². The van der Waals surface area contributed by atoms with E-state index in [0.717, 1.165) is 5.76 Å². The molecule has 29 heavy (non-hydrogen) atoms. The molecule has 1 aromatic heterocycles. The van der Waals surface area contributed by atoms with Gasteiger partial charge in [-0.3, -0.25) is 9.69 Å². The van der Waals surface area contributed by atoms with Gasteiger partial charge in [0.05, 0.1) is 18.0 Å². The molecule has 2 aromatic rings. The van der Waals surface area contributed by atoms with E-state index in [4.69, 9.17) is 4.42 Å². The molecule has 1 fully saturated rings. The highest BCUT2D eigenvalue weighted by Crippen LogP contribution is 2.22. The van der Waals surface area contributed by atoms with Crippen molar-refractivity contribution in [3.63, 3.8) is 0 Å². The van der Waals surface area contributed by atoms with Crippen molar-refractivity contribution >= 4 is 17.5 Å². The number of benzene rings is 1. The molecule has 0 radical (unpaired) electrons. The summed E-state index contributed by atoms with van der Waals surface area (Å²) >= 11 is 0. The first-order valence-corrected chi connectivity index (χ1v) is 9.65. The maximum Gasteiger partial charge on any atom is 0.317 e. The van der Waals surface area contributed by atoms with Gasteiger partial charge in [-0.15, -0.1) is 0 Å². The number of amides is 2. The Morgan fingerprint density at radius 2 is 1.93 bits per heavy atom. The molecule has 7 nitrogen and oxygen atoms in total. The van der Waals surface area contributed by atoms with Crippen LogP contribution in [0.3, 0.4) is 0 Å². The third-order valence-electron chi connectivity index (χ3n) is 5.20. The van der Waals surface area contributed by atoms with Gasteiger partial charge in [-0.25, -0.2) is 9.18 Å². The topological polar surface area (TPSA) is 69.0 Å². The predicted molar refractivity (Wildman–Crippen MR) is 109 cm³/mol. The zero-order valence-corrected chi connectivity index (χ0v) is 17.0. The van der Waals surface area contributed by atoms with Crippen molar-refractivity contribution in [1.82, 2.24) is 15.1 Å². The van der Waals surface area contributed by atoms with Gasteiger partial charge in [-0.1, -0.05) is 0 Å². The Labute approximate surface area is 170 Å². The summed E-state index contributed by atoms with van der Waals surface area (Å²) in [5.41, 5.74) is 0.816. The fourth-order valence-electron chi connectivity index (χ4n) is 3.45. The zero-order chi connectivity index (χ0) is 21.0. The largest absolute Gasteiger partial charge is 0.468 e. The number of hydrogen-bond acceptors (Lipinski definition) is 5. The van der Waals surface area contributed by atoms with Gasteiger partial charge in [0.1, 0.15) is 11.6 Å². The number of urea groups is 1. The first kappa shape index (κ1) is 20.9. The lowest BCUT2D eigenvalue weighted by Crippen LogP contribution is -2.52. The highest BCUT2D eigenvalue weighted by molar-refractivity contribution is 5.94. The third kappa shape index (κ3) is 4.95. The minimum absolute atomic E-state index is 0.0517. The second-order valence-electron chi connectivity index (χ2n) is 7.38. The molecular weight excluding hydrogens is 375 g/mol. The number of furan rings is 1. The number of rotatable bonds is 6. The molecule has 1 N–H and O–H groups in total. The first-order valence-electron chi connectivity index (χ1n) is 9.65. The molecule has 156 valence electrons. The van der Waals surface area contributed by atoms with Crippen LogP contribution in [0, 0.1) is 5.82 Å². The van der Waals surface area contributed by atoms with Crippen molar-refractivity contribution < 1.29 is 18.4 Å². The highest BCUT2D eigenvalue weighted by Gasteiger charge is 2.24. The van der Waals surface area contributed by atoms with Gasteiger partial charge in [0.25, 0.3) is 0 Å². The van der Waals surface area contributed by atoms with Crippen LogP contribution in [-0.2, 0) is 0 Å². The van der Waals surface area contributed by atoms with Crippen LogP contribution in [0.15, 0.2) is 41.0 Å². The summed E-state index contributed by atoms with van der Waals surface area (Å²) in [5, 5.41) is 2.96. The number of nitrogens with one attached hydrogen (secondary N) is 1. The standard InChI is InChI=1S/C21H27FN4O3/c1-15(27)16-6-7-18(17(22)13-16)25-8-10-26(11-9-25)21(28)23-14-19(24(2)3)20-5-4-12-29-20/h4-7,12-13,19H,8-11,14H2,1-3H3,(H,23,28). The molecule has 1 aliphatic heterocycles. The van der Waals surface area contributed by atoms with Crippen molar-refractivity contribution in [2.75, 3.05) is 51.7 Å². The Balaban J connectivity index is 1.54. The number of Topliss-reactive ketones (excluding diaryl/α,β-unsaturated/α-hetero) is 1. The summed E-state index contributed by atoms with van der Waals surface area (Å²) < 4.78 is 19.8. The van der Waals surface area contributed by atoms with Crippen molar-refractivity contribution in [2.45, 2.75) is 13.0 Å². The molecule has 0 saturated carbocycles. The summed E-state index contributed by atoms with van der Waals surface area (Å²) in [5.74, 6) is 0.218. The molecule has 0 bridgehead atoms. The maximum absolute atomic E-state index is 14.4. The Kier molecular flexibility index (Phi) is 6.53. The minimum Gasteiger partial charge on any atom is -0.468 e. The molecule has 1 saturated heterocycles. The van der Waals surface area contributed by atoms with Gasteiger partial charge in [-0.05, 0) is 51.4 Å². The summed E-state index contributed by atoms with van der Waals surface area (Å²) in [6.45, 7) is 3.89. The number of carbonyl (C=O) groups is 2. The lowest BCUT2D eigenvalue weighted by atomic mass is 10.1. The van der Waals surface area contributed by atoms with E-state index in [9.17, 15) is 14.0 Å². The summed E-state index contributed by atoms with van der Waals surface area (Å²) in [6.07, 6.45) is 1.62. The molecule has 1 atom stereocenters. The van der Waals surface area contributed by atoms with Gasteiger partial charge < -0.3 is 19.5 Å². The van der Waals surface area contributed by atoms with E-state index in [2.05, 4.69) is 5.32 Å². The van der Waals surface area contributed by atoms with Crippen molar-refractivity contribution in [1.29, 1.82) is 0 Å². The number of likely N-dealkylation sites (N-methyl/N-ethyl adjacent to an activating group) is 1. The van der Waals surface area contributed by atoms with Gasteiger partial charge in [0.2, 0.25) is 0 Å².